The van der Waals surface area contributed by atoms with Crippen LogP contribution in [0.4, 0.5) is 11.6 Å². The van der Waals surface area contributed by atoms with Crippen LogP contribution in [-0.2, 0) is 0 Å². The van der Waals surface area contributed by atoms with E-state index in [1.807, 2.05) is 78.9 Å². The van der Waals surface area contributed by atoms with Crippen molar-refractivity contribution in [1.82, 2.24) is 15.2 Å². The molecule has 0 aliphatic heterocycles. The largest absolute Gasteiger partial charge is 0.323 e. The summed E-state index contributed by atoms with van der Waals surface area (Å²) in [6.07, 6.45) is 0. The highest BCUT2D eigenvalue weighted by Crippen LogP contribution is 2.29. The van der Waals surface area contributed by atoms with Gasteiger partial charge in [0.1, 0.15) is 11.4 Å². The number of aromatic nitrogens is 3. The fourth-order valence-corrected chi connectivity index (χ4v) is 3.36. The summed E-state index contributed by atoms with van der Waals surface area (Å²) in [6, 6.07) is 34.6. The number of nitrogens with one attached hydrogen (secondary N) is 1. The van der Waals surface area contributed by atoms with Gasteiger partial charge in [0.15, 0.2) is 0 Å². The minimum absolute atomic E-state index is 0.471. The quantitative estimate of drug-likeness (QED) is 0.413. The molecule has 4 nitrogen and oxygen atoms in total. The summed E-state index contributed by atoms with van der Waals surface area (Å²) in [7, 11) is 0. The summed E-state index contributed by atoms with van der Waals surface area (Å²) >= 11 is 0. The summed E-state index contributed by atoms with van der Waals surface area (Å²) in [4.78, 5) is 4.81. The summed E-state index contributed by atoms with van der Waals surface area (Å²) in [6.45, 7) is 0. The van der Waals surface area contributed by atoms with E-state index in [9.17, 15) is 0 Å². The van der Waals surface area contributed by atoms with Gasteiger partial charge in [0, 0.05) is 16.8 Å². The molecule has 0 spiro atoms. The first-order chi connectivity index (χ1) is 14.4. The lowest BCUT2D eigenvalue weighted by Crippen LogP contribution is -2.03. The summed E-state index contributed by atoms with van der Waals surface area (Å²) in [5.41, 5.74) is 4.49. The second-order valence-electron chi connectivity index (χ2n) is 6.75. The molecular formula is C25H18N4. The smallest absolute Gasteiger partial charge is 0.247 e. The van der Waals surface area contributed by atoms with Crippen LogP contribution >= 0.6 is 0 Å². The predicted molar refractivity (Wildman–Crippen MR) is 118 cm³/mol. The molecule has 0 bridgehead atoms. The van der Waals surface area contributed by atoms with Crippen LogP contribution in [-0.4, -0.2) is 15.2 Å². The van der Waals surface area contributed by atoms with Crippen molar-refractivity contribution < 1.29 is 0 Å². The fraction of sp³-hybridized carbons (Fsp3) is 0. The average Bonchev–Trinajstić information content (AvgIpc) is 2.80. The molecule has 0 aliphatic rings. The summed E-state index contributed by atoms with van der Waals surface area (Å²) in [5, 5.41) is 14.5. The van der Waals surface area contributed by atoms with Crippen LogP contribution in [0.1, 0.15) is 0 Å². The Morgan fingerprint density at radius 3 is 1.86 bits per heavy atom. The first kappa shape index (κ1) is 17.1. The van der Waals surface area contributed by atoms with Crippen molar-refractivity contribution in [3.8, 4) is 22.5 Å². The Kier molecular flexibility index (Phi) is 4.43. The maximum absolute atomic E-state index is 4.81. The van der Waals surface area contributed by atoms with Crippen molar-refractivity contribution >= 4 is 22.4 Å². The van der Waals surface area contributed by atoms with Crippen molar-refractivity contribution in [3.63, 3.8) is 0 Å². The molecule has 1 N–H and O–H groups in total. The van der Waals surface area contributed by atoms with Crippen LogP contribution in [0.2, 0.25) is 0 Å². The maximum Gasteiger partial charge on any atom is 0.247 e. The molecule has 0 atom stereocenters. The highest BCUT2D eigenvalue weighted by Gasteiger charge is 2.13. The van der Waals surface area contributed by atoms with E-state index in [0.717, 1.165) is 33.6 Å². The number of fused-ring (bicyclic) bond motifs is 1. The van der Waals surface area contributed by atoms with E-state index in [-0.39, 0.29) is 0 Å². The molecular weight excluding hydrogens is 356 g/mol. The molecule has 0 fully saturated rings. The Morgan fingerprint density at radius 1 is 0.517 bits per heavy atom. The van der Waals surface area contributed by atoms with E-state index in [2.05, 4.69) is 39.8 Å². The van der Waals surface area contributed by atoms with Crippen LogP contribution in [0.25, 0.3) is 33.3 Å². The minimum Gasteiger partial charge on any atom is -0.323 e. The molecule has 0 radical (unpaired) electrons. The Hall–Kier alpha value is -4.05. The van der Waals surface area contributed by atoms with E-state index in [1.54, 1.807) is 0 Å². The number of nitrogens with zero attached hydrogens (tertiary/aromatic N) is 3. The lowest BCUT2D eigenvalue weighted by molar-refractivity contribution is 0.990. The second kappa shape index (κ2) is 7.52. The van der Waals surface area contributed by atoms with E-state index in [1.165, 1.54) is 5.39 Å². The van der Waals surface area contributed by atoms with Crippen LogP contribution in [0, 0.1) is 0 Å². The van der Waals surface area contributed by atoms with Crippen molar-refractivity contribution in [1.29, 1.82) is 0 Å². The lowest BCUT2D eigenvalue weighted by Gasteiger charge is -2.11. The first-order valence-electron chi connectivity index (χ1n) is 9.48. The highest BCUT2D eigenvalue weighted by molar-refractivity contribution is 5.86. The Balaban J connectivity index is 1.57. The number of benzene rings is 4. The van der Waals surface area contributed by atoms with E-state index in [4.69, 9.17) is 4.98 Å². The summed E-state index contributed by atoms with van der Waals surface area (Å²) in [5.74, 6) is 0.471. The third kappa shape index (κ3) is 3.56. The number of hydrogen-bond donors (Lipinski definition) is 1. The summed E-state index contributed by atoms with van der Waals surface area (Å²) < 4.78 is 0. The average molecular weight is 374 g/mol. The molecule has 0 saturated heterocycles. The Morgan fingerprint density at radius 2 is 1.14 bits per heavy atom. The standard InChI is InChI=1S/C25H18N4/c1-3-10-19(11-4-1)23-24(20-12-5-2-6-13-20)28-29-25(27-23)26-22-16-15-18-9-7-8-14-21(18)17-22/h1-17H,(H,26,27,29). The molecule has 1 heterocycles. The van der Waals surface area contributed by atoms with Gasteiger partial charge >= 0.3 is 0 Å². The molecule has 29 heavy (non-hydrogen) atoms. The third-order valence-electron chi connectivity index (χ3n) is 4.79. The van der Waals surface area contributed by atoms with Crippen molar-refractivity contribution in [2.45, 2.75) is 0 Å². The molecule has 138 valence electrons. The van der Waals surface area contributed by atoms with Gasteiger partial charge in [0.2, 0.25) is 5.95 Å². The molecule has 0 aliphatic carbocycles. The predicted octanol–water partition coefficient (Wildman–Crippen LogP) is 6.10. The van der Waals surface area contributed by atoms with Crippen molar-refractivity contribution in [3.05, 3.63) is 103 Å². The Bertz CT molecular complexity index is 1270. The number of anilines is 2. The van der Waals surface area contributed by atoms with Crippen LogP contribution < -0.4 is 5.32 Å². The van der Waals surface area contributed by atoms with Crippen LogP contribution in [0.3, 0.4) is 0 Å². The lowest BCUT2D eigenvalue weighted by atomic mass is 10.0. The van der Waals surface area contributed by atoms with Gasteiger partial charge < -0.3 is 5.32 Å². The van der Waals surface area contributed by atoms with E-state index < -0.39 is 0 Å². The van der Waals surface area contributed by atoms with Gasteiger partial charge in [-0.2, -0.15) is 0 Å². The molecule has 5 aromatic rings. The fourth-order valence-electron chi connectivity index (χ4n) is 3.36. The molecule has 4 heteroatoms. The van der Waals surface area contributed by atoms with Crippen molar-refractivity contribution in [2.75, 3.05) is 5.32 Å². The van der Waals surface area contributed by atoms with Gasteiger partial charge in [-0.25, -0.2) is 4.98 Å². The van der Waals surface area contributed by atoms with Gasteiger partial charge in [-0.05, 0) is 22.9 Å². The van der Waals surface area contributed by atoms with Gasteiger partial charge in [0.05, 0.1) is 0 Å². The van der Waals surface area contributed by atoms with Gasteiger partial charge in [-0.1, -0.05) is 91.0 Å². The molecule has 4 aromatic carbocycles. The maximum atomic E-state index is 4.81. The van der Waals surface area contributed by atoms with Crippen molar-refractivity contribution in [2.24, 2.45) is 0 Å². The molecule has 0 unspecified atom stereocenters. The van der Waals surface area contributed by atoms with E-state index in [0.29, 0.717) is 5.95 Å². The SMILES string of the molecule is c1ccc(-c2nnc(Nc3ccc4ccccc4c3)nc2-c2ccccc2)cc1. The van der Waals surface area contributed by atoms with Gasteiger partial charge in [-0.3, -0.25) is 0 Å². The first-order valence-corrected chi connectivity index (χ1v) is 9.48. The normalized spacial score (nSPS) is 10.8. The third-order valence-corrected chi connectivity index (χ3v) is 4.79. The van der Waals surface area contributed by atoms with Crippen LogP contribution in [0.15, 0.2) is 103 Å². The Labute approximate surface area is 168 Å². The van der Waals surface area contributed by atoms with Gasteiger partial charge in [0.25, 0.3) is 0 Å². The number of rotatable bonds is 4. The zero-order valence-electron chi connectivity index (χ0n) is 15.7. The second-order valence-corrected chi connectivity index (χ2v) is 6.75. The van der Waals surface area contributed by atoms with Crippen LogP contribution in [0.5, 0.6) is 0 Å². The topological polar surface area (TPSA) is 50.7 Å². The zero-order valence-corrected chi connectivity index (χ0v) is 15.7. The number of hydrogen-bond acceptors (Lipinski definition) is 4. The van der Waals surface area contributed by atoms with Gasteiger partial charge in [-0.15, -0.1) is 10.2 Å². The molecule has 0 saturated carbocycles. The zero-order chi connectivity index (χ0) is 19.5. The minimum atomic E-state index is 0.471. The highest BCUT2D eigenvalue weighted by atomic mass is 15.2. The molecule has 1 aromatic heterocycles. The van der Waals surface area contributed by atoms with E-state index >= 15 is 0 Å². The monoisotopic (exact) mass is 374 g/mol. The molecule has 0 amide bonds. The molecule has 5 rings (SSSR count).